The number of hydrogen-bond acceptors (Lipinski definition) is 3. The summed E-state index contributed by atoms with van der Waals surface area (Å²) >= 11 is 0. The van der Waals surface area contributed by atoms with Crippen molar-refractivity contribution in [2.24, 2.45) is 0 Å². The maximum atomic E-state index is 11.7. The van der Waals surface area contributed by atoms with Gasteiger partial charge in [-0.25, -0.2) is 9.36 Å². The van der Waals surface area contributed by atoms with E-state index in [-0.39, 0.29) is 80.3 Å². The summed E-state index contributed by atoms with van der Waals surface area (Å²) in [6, 6.07) is 18.8. The van der Waals surface area contributed by atoms with Gasteiger partial charge in [0, 0.05) is 71.0 Å². The molecule has 3 aromatic rings. The summed E-state index contributed by atoms with van der Waals surface area (Å²) < 4.78 is 6.22. The van der Waals surface area contributed by atoms with Gasteiger partial charge in [0.2, 0.25) is 0 Å². The maximum Gasteiger partial charge on any atom is 0.446 e. The van der Waals surface area contributed by atoms with Crippen LogP contribution in [0.15, 0.2) is 70.0 Å². The van der Waals surface area contributed by atoms with Gasteiger partial charge in [-0.1, -0.05) is 53.7 Å². The van der Waals surface area contributed by atoms with Crippen molar-refractivity contribution in [1.82, 2.24) is 9.72 Å². The molecule has 2 radical (unpaired) electrons. The maximum absolute atomic E-state index is 11.7. The van der Waals surface area contributed by atoms with E-state index in [1.165, 1.54) is 4.57 Å². The second-order valence-corrected chi connectivity index (χ2v) is 3.81. The van der Waals surface area contributed by atoms with Gasteiger partial charge >= 0.3 is 5.76 Å². The molecule has 0 fully saturated rings. The van der Waals surface area contributed by atoms with Crippen LogP contribution in [0.3, 0.4) is 0 Å². The minimum absolute atomic E-state index is 0. The van der Waals surface area contributed by atoms with E-state index in [9.17, 15) is 4.79 Å². The molecule has 1 heterocycles. The number of benzene rings is 2. The average Bonchev–Trinajstić information content (AvgIpc) is 2.83. The largest absolute Gasteiger partial charge is 0.446 e. The van der Waals surface area contributed by atoms with Crippen molar-refractivity contribution in [1.29, 1.82) is 0 Å². The van der Waals surface area contributed by atoms with Crippen LogP contribution in [0.4, 0.5) is 0 Å². The van der Waals surface area contributed by atoms with E-state index >= 15 is 0 Å². The van der Waals surface area contributed by atoms with Gasteiger partial charge in [0.05, 0.1) is 5.69 Å². The topological polar surface area (TPSA) is 48.0 Å². The molecule has 2 aromatic carbocycles. The third-order valence-corrected chi connectivity index (χ3v) is 2.65. The third kappa shape index (κ3) is 5.06. The number of aromatic nitrogens is 2. The average molecular weight is 446 g/mol. The molecule has 0 N–H and O–H groups in total. The summed E-state index contributed by atoms with van der Waals surface area (Å²) in [4.78, 5) is 11.7. The van der Waals surface area contributed by atoms with Gasteiger partial charge in [0.1, 0.15) is 0 Å². The van der Waals surface area contributed by atoms with Gasteiger partial charge < -0.3 is 14.9 Å². The Bertz CT molecular complexity index is 710. The first-order valence-corrected chi connectivity index (χ1v) is 5.56. The van der Waals surface area contributed by atoms with Crippen molar-refractivity contribution in [3.05, 3.63) is 86.1 Å². The molecule has 0 spiro atoms. The zero-order chi connectivity index (χ0) is 12.4. The first kappa shape index (κ1) is 23.8. The van der Waals surface area contributed by atoms with Crippen LogP contribution in [0.5, 0.6) is 0 Å². The monoisotopic (exact) mass is 446 g/mol. The molecule has 0 saturated heterocycles. The van der Waals surface area contributed by atoms with E-state index < -0.39 is 5.76 Å². The summed E-state index contributed by atoms with van der Waals surface area (Å²) in [5.41, 5.74) is 1.58. The van der Waals surface area contributed by atoms with Crippen LogP contribution in [0.25, 0.3) is 17.1 Å². The van der Waals surface area contributed by atoms with Gasteiger partial charge in [0.25, 0.3) is 0 Å². The van der Waals surface area contributed by atoms with Gasteiger partial charge in [-0.3, -0.25) is 4.52 Å². The fraction of sp³-hybridized carbons (Fsp3) is 0. The number of rotatable bonds is 2. The van der Waals surface area contributed by atoms with E-state index in [0.717, 1.165) is 11.3 Å². The molecule has 1 aromatic heterocycles. The molecule has 0 saturated carbocycles. The van der Waals surface area contributed by atoms with Gasteiger partial charge in [-0.15, -0.1) is 0 Å². The molecule has 0 atom stereocenters. The molecule has 0 bridgehead atoms. The summed E-state index contributed by atoms with van der Waals surface area (Å²) in [7, 11) is 0. The van der Waals surface area contributed by atoms with Crippen molar-refractivity contribution >= 4 is 0 Å². The molecule has 0 aliphatic carbocycles. The van der Waals surface area contributed by atoms with E-state index in [2.05, 4.69) is 5.16 Å². The van der Waals surface area contributed by atoms with Crippen LogP contribution in [0.2, 0.25) is 0 Å². The van der Waals surface area contributed by atoms with Crippen molar-refractivity contribution < 1.29 is 69.9 Å². The molecule has 0 amide bonds. The second-order valence-electron chi connectivity index (χ2n) is 3.81. The molecule has 0 aliphatic rings. The predicted octanol–water partition coefficient (Wildman–Crippen LogP) is 3.39. The van der Waals surface area contributed by atoms with E-state index in [1.807, 2.05) is 60.7 Å². The zero-order valence-corrected chi connectivity index (χ0v) is 18.3. The molecule has 0 aliphatic heterocycles. The Labute approximate surface area is 181 Å². The van der Waals surface area contributed by atoms with Crippen molar-refractivity contribution in [2.45, 2.75) is 0 Å². The van der Waals surface area contributed by atoms with E-state index in [4.69, 9.17) is 4.52 Å². The zero-order valence-electron chi connectivity index (χ0n) is 12.6. The molecular weight excluding hydrogens is 430 g/mol. The third-order valence-electron chi connectivity index (χ3n) is 2.65. The molecule has 6 heteroatoms. The van der Waals surface area contributed by atoms with Crippen molar-refractivity contribution in [3.63, 3.8) is 0 Å². The van der Waals surface area contributed by atoms with Crippen LogP contribution >= 0.6 is 0 Å². The summed E-state index contributed by atoms with van der Waals surface area (Å²) in [6.07, 6.45) is 0. The van der Waals surface area contributed by atoms with Crippen LogP contribution in [-0.4, -0.2) is 9.72 Å². The molecule has 0 unspecified atom stereocenters. The Kier molecular flexibility index (Phi) is 12.1. The van der Waals surface area contributed by atoms with Crippen LogP contribution in [-0.2, 0) is 65.4 Å². The minimum Gasteiger partial charge on any atom is -0.358 e. The fourth-order valence-corrected chi connectivity index (χ4v) is 1.82. The summed E-state index contributed by atoms with van der Waals surface area (Å²) in [6.45, 7) is 0. The SMILES string of the molecule is O=c1onc(-c2ccccc2)n1-c1ccccc1.[CH3-].[CH3-].[Y].[Y]. The summed E-state index contributed by atoms with van der Waals surface area (Å²) in [5.74, 6) is 0.0202. The van der Waals surface area contributed by atoms with Gasteiger partial charge in [0.15, 0.2) is 5.82 Å². The molecule has 110 valence electrons. The Morgan fingerprint density at radius 3 is 1.86 bits per heavy atom. The Morgan fingerprint density at radius 2 is 1.32 bits per heavy atom. The molecule has 3 rings (SSSR count). The first-order chi connectivity index (χ1) is 8.86. The fourth-order valence-electron chi connectivity index (χ4n) is 1.82. The van der Waals surface area contributed by atoms with E-state index in [0.29, 0.717) is 5.82 Å². The van der Waals surface area contributed by atoms with Gasteiger partial charge in [-0.05, 0) is 12.1 Å². The van der Waals surface area contributed by atoms with Crippen LogP contribution in [0.1, 0.15) is 0 Å². The molecule has 4 nitrogen and oxygen atoms in total. The Morgan fingerprint density at radius 1 is 0.818 bits per heavy atom. The Hall–Kier alpha value is -0.412. The van der Waals surface area contributed by atoms with Crippen LogP contribution < -0.4 is 5.76 Å². The quantitative estimate of drug-likeness (QED) is 0.568. The predicted molar refractivity (Wildman–Crippen MR) is 80.4 cm³/mol. The second kappa shape index (κ2) is 11.2. The minimum atomic E-state index is -0.486. The number of nitrogens with zero attached hydrogens (tertiary/aromatic N) is 2. The number of para-hydroxylation sites is 1. The smallest absolute Gasteiger partial charge is 0.358 e. The molecule has 22 heavy (non-hydrogen) atoms. The first-order valence-electron chi connectivity index (χ1n) is 5.56. The van der Waals surface area contributed by atoms with Crippen molar-refractivity contribution in [2.75, 3.05) is 0 Å². The van der Waals surface area contributed by atoms with Crippen LogP contribution in [0, 0.1) is 14.9 Å². The van der Waals surface area contributed by atoms with Gasteiger partial charge in [-0.2, -0.15) is 0 Å². The standard InChI is InChI=1S/C14H10N2O2.2CH3.2Y/c17-14-16(12-9-5-2-6-10-12)13(15-18-14)11-7-3-1-4-8-11;;;;/h1-10H;2*1H3;;/q;2*-1;;. The summed E-state index contributed by atoms with van der Waals surface area (Å²) in [5, 5.41) is 3.84. The van der Waals surface area contributed by atoms with E-state index in [1.54, 1.807) is 0 Å². The normalized spacial score (nSPS) is 8.55. The number of hydrogen-bond donors (Lipinski definition) is 0. The molecular formula is C16H16N2O2Y2-2. The Balaban J connectivity index is 0. The van der Waals surface area contributed by atoms with Crippen molar-refractivity contribution in [3.8, 4) is 17.1 Å².